The highest BCUT2D eigenvalue weighted by Crippen LogP contribution is 2.46. The van der Waals surface area contributed by atoms with Gasteiger partial charge in [0, 0.05) is 18.8 Å². The molecule has 1 aromatic carbocycles. The minimum absolute atomic E-state index is 0.0760. The van der Waals surface area contributed by atoms with Gasteiger partial charge in [-0.15, -0.1) is 0 Å². The second-order valence-corrected chi connectivity index (χ2v) is 7.92. The van der Waals surface area contributed by atoms with E-state index in [1.807, 2.05) is 43.3 Å². The summed E-state index contributed by atoms with van der Waals surface area (Å²) >= 11 is 0. The fourth-order valence-corrected chi connectivity index (χ4v) is 2.55. The van der Waals surface area contributed by atoms with Crippen molar-refractivity contribution >= 4 is 17.5 Å². The molecule has 0 unspecified atom stereocenters. The summed E-state index contributed by atoms with van der Waals surface area (Å²) in [7, 11) is 3.90. The van der Waals surface area contributed by atoms with Crippen molar-refractivity contribution in [2.24, 2.45) is 5.41 Å². The van der Waals surface area contributed by atoms with Crippen LogP contribution >= 0.6 is 0 Å². The minimum Gasteiger partial charge on any atom is -0.354 e. The summed E-state index contributed by atoms with van der Waals surface area (Å²) in [5.74, 6) is -0.360. The topological polar surface area (TPSA) is 61.4 Å². The van der Waals surface area contributed by atoms with E-state index in [1.165, 1.54) is 5.56 Å². The van der Waals surface area contributed by atoms with Gasteiger partial charge in [-0.25, -0.2) is 0 Å². The lowest BCUT2D eigenvalue weighted by molar-refractivity contribution is -0.134. The van der Waals surface area contributed by atoms with Crippen molar-refractivity contribution in [3.63, 3.8) is 0 Å². The van der Waals surface area contributed by atoms with E-state index in [2.05, 4.69) is 31.4 Å². The summed E-state index contributed by atoms with van der Waals surface area (Å²) in [6, 6.07) is 7.84. The standard InChI is InChI=1S/C19H29N3O2/c1-18(2,3)14-6-8-15(9-7-14)21-17(24)19(10-11-19)16(23)20-12-13-22(4)5/h6-9H,10-13H2,1-5H3,(H,20,23)(H,21,24). The molecular weight excluding hydrogens is 302 g/mol. The van der Waals surface area contributed by atoms with Crippen molar-refractivity contribution in [2.45, 2.75) is 39.0 Å². The second-order valence-electron chi connectivity index (χ2n) is 7.92. The summed E-state index contributed by atoms with van der Waals surface area (Å²) in [5.41, 5.74) is 1.14. The third-order valence-electron chi connectivity index (χ3n) is 4.47. The van der Waals surface area contributed by atoms with Gasteiger partial charge in [0.15, 0.2) is 0 Å². The van der Waals surface area contributed by atoms with Crippen LogP contribution in [0.5, 0.6) is 0 Å². The highest BCUT2D eigenvalue weighted by Gasteiger charge is 2.56. The van der Waals surface area contributed by atoms with E-state index >= 15 is 0 Å². The minimum atomic E-state index is -0.880. The molecule has 1 aliphatic rings. The van der Waals surface area contributed by atoms with Crippen molar-refractivity contribution < 1.29 is 9.59 Å². The fraction of sp³-hybridized carbons (Fsp3) is 0.579. The maximum Gasteiger partial charge on any atom is 0.240 e. The number of carbonyl (C=O) groups is 2. The van der Waals surface area contributed by atoms with Crippen molar-refractivity contribution in [1.29, 1.82) is 0 Å². The van der Waals surface area contributed by atoms with Crippen LogP contribution < -0.4 is 10.6 Å². The van der Waals surface area contributed by atoms with Gasteiger partial charge in [-0.3, -0.25) is 9.59 Å². The molecule has 1 fully saturated rings. The normalized spacial score (nSPS) is 15.9. The third kappa shape index (κ3) is 4.35. The Kier molecular flexibility index (Phi) is 5.33. The molecule has 0 aliphatic heterocycles. The Morgan fingerprint density at radius 2 is 1.67 bits per heavy atom. The van der Waals surface area contributed by atoms with Crippen LogP contribution in [-0.4, -0.2) is 43.9 Å². The first-order valence-electron chi connectivity index (χ1n) is 8.50. The molecule has 0 saturated heterocycles. The average Bonchev–Trinajstić information content (AvgIpc) is 3.28. The quantitative estimate of drug-likeness (QED) is 0.787. The van der Waals surface area contributed by atoms with E-state index in [0.29, 0.717) is 19.4 Å². The summed E-state index contributed by atoms with van der Waals surface area (Å²) in [5, 5.41) is 5.76. The maximum absolute atomic E-state index is 12.5. The van der Waals surface area contributed by atoms with Crippen molar-refractivity contribution in [1.82, 2.24) is 10.2 Å². The predicted molar refractivity (Wildman–Crippen MR) is 97.0 cm³/mol. The smallest absolute Gasteiger partial charge is 0.240 e. The van der Waals surface area contributed by atoms with Gasteiger partial charge in [-0.2, -0.15) is 0 Å². The Labute approximate surface area is 144 Å². The Balaban J connectivity index is 1.95. The molecule has 0 bridgehead atoms. The lowest BCUT2D eigenvalue weighted by Gasteiger charge is -2.20. The van der Waals surface area contributed by atoms with Crippen molar-refractivity contribution in [3.05, 3.63) is 29.8 Å². The third-order valence-corrected chi connectivity index (χ3v) is 4.47. The van der Waals surface area contributed by atoms with Crippen LogP contribution in [0.15, 0.2) is 24.3 Å². The number of benzene rings is 1. The second kappa shape index (κ2) is 6.93. The van der Waals surface area contributed by atoms with E-state index in [-0.39, 0.29) is 17.2 Å². The molecule has 0 aromatic heterocycles. The first-order valence-corrected chi connectivity index (χ1v) is 8.50. The molecule has 2 amide bonds. The Morgan fingerprint density at radius 1 is 1.08 bits per heavy atom. The van der Waals surface area contributed by atoms with Gasteiger partial charge in [0.1, 0.15) is 5.41 Å². The number of rotatable bonds is 6. The lowest BCUT2D eigenvalue weighted by atomic mass is 9.87. The van der Waals surface area contributed by atoms with Gasteiger partial charge in [-0.1, -0.05) is 32.9 Å². The van der Waals surface area contributed by atoms with E-state index < -0.39 is 5.41 Å². The highest BCUT2D eigenvalue weighted by atomic mass is 16.2. The number of hydrogen-bond donors (Lipinski definition) is 2. The number of nitrogens with zero attached hydrogens (tertiary/aromatic N) is 1. The molecular formula is C19H29N3O2. The van der Waals surface area contributed by atoms with Gasteiger partial charge in [-0.05, 0) is 50.0 Å². The zero-order chi connectivity index (χ0) is 18.0. The summed E-state index contributed by atoms with van der Waals surface area (Å²) in [4.78, 5) is 26.9. The van der Waals surface area contributed by atoms with E-state index in [9.17, 15) is 9.59 Å². The number of amides is 2. The zero-order valence-corrected chi connectivity index (χ0v) is 15.4. The average molecular weight is 331 g/mol. The van der Waals surface area contributed by atoms with Gasteiger partial charge in [0.25, 0.3) is 0 Å². The van der Waals surface area contributed by atoms with Crippen LogP contribution in [-0.2, 0) is 15.0 Å². The van der Waals surface area contributed by atoms with Gasteiger partial charge in [0.05, 0.1) is 0 Å². The molecule has 1 saturated carbocycles. The summed E-state index contributed by atoms with van der Waals surface area (Å²) in [6.07, 6.45) is 1.24. The Bertz CT molecular complexity index is 596. The molecule has 1 aliphatic carbocycles. The SMILES string of the molecule is CN(C)CCNC(=O)C1(C(=O)Nc2ccc(C(C)(C)C)cc2)CC1. The maximum atomic E-state index is 12.5. The monoisotopic (exact) mass is 331 g/mol. The van der Waals surface area contributed by atoms with Crippen LogP contribution in [0.25, 0.3) is 0 Å². The predicted octanol–water partition coefficient (Wildman–Crippen LogP) is 2.38. The molecule has 5 nitrogen and oxygen atoms in total. The molecule has 0 radical (unpaired) electrons. The Hall–Kier alpha value is -1.88. The van der Waals surface area contributed by atoms with E-state index in [1.54, 1.807) is 0 Å². The number of likely N-dealkylation sites (N-methyl/N-ethyl adjacent to an activating group) is 1. The van der Waals surface area contributed by atoms with Crippen LogP contribution in [0.3, 0.4) is 0 Å². The van der Waals surface area contributed by atoms with Crippen molar-refractivity contribution in [3.8, 4) is 0 Å². The van der Waals surface area contributed by atoms with Gasteiger partial charge >= 0.3 is 0 Å². The largest absolute Gasteiger partial charge is 0.354 e. The zero-order valence-electron chi connectivity index (χ0n) is 15.4. The molecule has 0 atom stereocenters. The molecule has 0 spiro atoms. The first kappa shape index (κ1) is 18.5. The van der Waals surface area contributed by atoms with Gasteiger partial charge < -0.3 is 15.5 Å². The van der Waals surface area contributed by atoms with Crippen LogP contribution in [0.1, 0.15) is 39.2 Å². The Morgan fingerprint density at radius 3 is 2.12 bits per heavy atom. The van der Waals surface area contributed by atoms with Crippen LogP contribution in [0.2, 0.25) is 0 Å². The van der Waals surface area contributed by atoms with Gasteiger partial charge in [0.2, 0.25) is 11.8 Å². The summed E-state index contributed by atoms with van der Waals surface area (Å²) < 4.78 is 0. The molecule has 5 heteroatoms. The lowest BCUT2D eigenvalue weighted by Crippen LogP contribution is -2.42. The van der Waals surface area contributed by atoms with Crippen molar-refractivity contribution in [2.75, 3.05) is 32.5 Å². The number of carbonyl (C=O) groups excluding carboxylic acids is 2. The number of nitrogens with one attached hydrogen (secondary N) is 2. The molecule has 132 valence electrons. The highest BCUT2D eigenvalue weighted by molar-refractivity contribution is 6.13. The summed E-state index contributed by atoms with van der Waals surface area (Å²) in [6.45, 7) is 7.77. The molecule has 24 heavy (non-hydrogen) atoms. The van der Waals surface area contributed by atoms with E-state index in [0.717, 1.165) is 12.2 Å². The number of hydrogen-bond acceptors (Lipinski definition) is 3. The van der Waals surface area contributed by atoms with E-state index in [4.69, 9.17) is 0 Å². The number of anilines is 1. The van der Waals surface area contributed by atoms with Crippen LogP contribution in [0.4, 0.5) is 5.69 Å². The molecule has 1 aromatic rings. The molecule has 0 heterocycles. The fourth-order valence-electron chi connectivity index (χ4n) is 2.55. The first-order chi connectivity index (χ1) is 11.1. The molecule has 2 rings (SSSR count). The molecule has 2 N–H and O–H groups in total. The van der Waals surface area contributed by atoms with Crippen LogP contribution in [0, 0.1) is 5.41 Å².